The number of nitrogens with one attached hydrogen (secondary N) is 2. The Kier molecular flexibility index (Phi) is 3.64. The van der Waals surface area contributed by atoms with Crippen LogP contribution in [0.5, 0.6) is 0 Å². The molecule has 1 aromatic heterocycles. The van der Waals surface area contributed by atoms with Crippen molar-refractivity contribution in [1.82, 2.24) is 20.2 Å². The van der Waals surface area contributed by atoms with Crippen LogP contribution in [0.2, 0.25) is 0 Å². The van der Waals surface area contributed by atoms with Gasteiger partial charge in [-0.2, -0.15) is 0 Å². The number of aromatic nitrogens is 2. The molecule has 5 heteroatoms. The summed E-state index contributed by atoms with van der Waals surface area (Å²) in [7, 11) is 0. The van der Waals surface area contributed by atoms with Crippen LogP contribution in [-0.4, -0.2) is 33.5 Å². The standard InChI is InChI=1S/C16H20N4O/c1-11(2)19-16(21)20-9-8-13-14(18-10-17-13)15(20)12-6-4-3-5-7-12/h3-7,10-11,15H,8-9H2,1-2H3,(H,17,18)(H,19,21). The summed E-state index contributed by atoms with van der Waals surface area (Å²) in [6.45, 7) is 4.63. The van der Waals surface area contributed by atoms with E-state index < -0.39 is 0 Å². The number of fused-ring (bicyclic) bond motifs is 1. The summed E-state index contributed by atoms with van der Waals surface area (Å²) in [6.07, 6.45) is 2.52. The van der Waals surface area contributed by atoms with Crippen molar-refractivity contribution in [3.63, 3.8) is 0 Å². The first kappa shape index (κ1) is 13.7. The molecule has 0 saturated heterocycles. The molecule has 0 radical (unpaired) electrons. The lowest BCUT2D eigenvalue weighted by Gasteiger charge is -2.35. The molecule has 0 aliphatic carbocycles. The Bertz CT molecular complexity index is 620. The van der Waals surface area contributed by atoms with Gasteiger partial charge in [0.05, 0.1) is 12.0 Å². The van der Waals surface area contributed by atoms with Crippen LogP contribution < -0.4 is 5.32 Å². The molecule has 2 aromatic rings. The number of urea groups is 1. The van der Waals surface area contributed by atoms with Crippen LogP contribution in [0.4, 0.5) is 4.79 Å². The molecule has 2 N–H and O–H groups in total. The van der Waals surface area contributed by atoms with E-state index in [9.17, 15) is 4.79 Å². The fourth-order valence-corrected chi connectivity index (χ4v) is 2.80. The summed E-state index contributed by atoms with van der Waals surface area (Å²) in [4.78, 5) is 22.0. The molecule has 1 aromatic carbocycles. The second kappa shape index (κ2) is 5.60. The van der Waals surface area contributed by atoms with Crippen molar-refractivity contribution >= 4 is 6.03 Å². The van der Waals surface area contributed by atoms with Crippen LogP contribution in [0.3, 0.4) is 0 Å². The zero-order valence-corrected chi connectivity index (χ0v) is 12.3. The molecule has 110 valence electrons. The zero-order chi connectivity index (χ0) is 14.8. The maximum absolute atomic E-state index is 12.5. The van der Waals surface area contributed by atoms with Gasteiger partial charge >= 0.3 is 6.03 Å². The molecule has 1 atom stereocenters. The van der Waals surface area contributed by atoms with Gasteiger partial charge in [-0.05, 0) is 19.4 Å². The Balaban J connectivity index is 1.98. The summed E-state index contributed by atoms with van der Waals surface area (Å²) >= 11 is 0. The molecule has 0 saturated carbocycles. The molecule has 5 nitrogen and oxygen atoms in total. The van der Waals surface area contributed by atoms with Gasteiger partial charge in [0.15, 0.2) is 0 Å². The Hall–Kier alpha value is -2.30. The maximum atomic E-state index is 12.5. The molecule has 0 spiro atoms. The highest BCUT2D eigenvalue weighted by atomic mass is 16.2. The van der Waals surface area contributed by atoms with Gasteiger partial charge in [0.25, 0.3) is 0 Å². The normalized spacial score (nSPS) is 17.7. The molecule has 1 aliphatic rings. The van der Waals surface area contributed by atoms with Crippen LogP contribution in [0.25, 0.3) is 0 Å². The van der Waals surface area contributed by atoms with Crippen molar-refractivity contribution in [2.75, 3.05) is 6.54 Å². The predicted molar refractivity (Wildman–Crippen MR) is 81.0 cm³/mol. The molecule has 2 amide bonds. The van der Waals surface area contributed by atoms with Crippen LogP contribution in [-0.2, 0) is 6.42 Å². The zero-order valence-electron chi connectivity index (χ0n) is 12.3. The van der Waals surface area contributed by atoms with E-state index >= 15 is 0 Å². The van der Waals surface area contributed by atoms with E-state index in [1.807, 2.05) is 49.1 Å². The van der Waals surface area contributed by atoms with Crippen LogP contribution in [0.1, 0.15) is 36.8 Å². The highest BCUT2D eigenvalue weighted by molar-refractivity contribution is 5.76. The van der Waals surface area contributed by atoms with Crippen molar-refractivity contribution in [3.8, 4) is 0 Å². The van der Waals surface area contributed by atoms with Crippen LogP contribution in [0, 0.1) is 0 Å². The summed E-state index contributed by atoms with van der Waals surface area (Å²) in [5.74, 6) is 0. The van der Waals surface area contributed by atoms with Gasteiger partial charge in [0.1, 0.15) is 6.04 Å². The van der Waals surface area contributed by atoms with E-state index in [1.165, 1.54) is 0 Å². The van der Waals surface area contributed by atoms with Gasteiger partial charge in [-0.3, -0.25) is 0 Å². The van der Waals surface area contributed by atoms with Gasteiger partial charge < -0.3 is 15.2 Å². The lowest BCUT2D eigenvalue weighted by atomic mass is 9.96. The van der Waals surface area contributed by atoms with Gasteiger partial charge in [-0.15, -0.1) is 0 Å². The van der Waals surface area contributed by atoms with Crippen LogP contribution >= 0.6 is 0 Å². The Labute approximate surface area is 124 Å². The van der Waals surface area contributed by atoms with Crippen molar-refractivity contribution < 1.29 is 4.79 Å². The molecule has 1 aliphatic heterocycles. The molecule has 0 fully saturated rings. The highest BCUT2D eigenvalue weighted by Crippen LogP contribution is 2.33. The third kappa shape index (κ3) is 2.63. The van der Waals surface area contributed by atoms with Gasteiger partial charge in [0.2, 0.25) is 0 Å². The number of carbonyl (C=O) groups is 1. The van der Waals surface area contributed by atoms with Crippen molar-refractivity contribution in [2.24, 2.45) is 0 Å². The van der Waals surface area contributed by atoms with Gasteiger partial charge in [-0.1, -0.05) is 30.3 Å². The molecule has 2 heterocycles. The fourth-order valence-electron chi connectivity index (χ4n) is 2.80. The van der Waals surface area contributed by atoms with E-state index in [2.05, 4.69) is 15.3 Å². The van der Waals surface area contributed by atoms with E-state index in [-0.39, 0.29) is 18.1 Å². The Morgan fingerprint density at radius 1 is 1.38 bits per heavy atom. The molecule has 3 rings (SSSR count). The van der Waals surface area contributed by atoms with Gasteiger partial charge in [0, 0.05) is 24.7 Å². The lowest BCUT2D eigenvalue weighted by Crippen LogP contribution is -2.48. The second-order valence-electron chi connectivity index (χ2n) is 5.63. The topological polar surface area (TPSA) is 61.0 Å². The first-order valence-corrected chi connectivity index (χ1v) is 7.31. The molecular weight excluding hydrogens is 264 g/mol. The maximum Gasteiger partial charge on any atom is 0.318 e. The number of nitrogens with zero attached hydrogens (tertiary/aromatic N) is 2. The first-order chi connectivity index (χ1) is 10.2. The Morgan fingerprint density at radius 2 is 2.14 bits per heavy atom. The summed E-state index contributed by atoms with van der Waals surface area (Å²) < 4.78 is 0. The molecule has 21 heavy (non-hydrogen) atoms. The second-order valence-corrected chi connectivity index (χ2v) is 5.63. The predicted octanol–water partition coefficient (Wildman–Crippen LogP) is 2.48. The third-order valence-corrected chi connectivity index (χ3v) is 3.71. The molecule has 0 bridgehead atoms. The fraction of sp³-hybridized carbons (Fsp3) is 0.375. The molecule has 1 unspecified atom stereocenters. The minimum Gasteiger partial charge on any atom is -0.348 e. The number of rotatable bonds is 2. The number of H-pyrrole nitrogens is 1. The Morgan fingerprint density at radius 3 is 2.86 bits per heavy atom. The monoisotopic (exact) mass is 284 g/mol. The number of amides is 2. The van der Waals surface area contributed by atoms with E-state index in [0.717, 1.165) is 23.4 Å². The van der Waals surface area contributed by atoms with E-state index in [4.69, 9.17) is 0 Å². The summed E-state index contributed by atoms with van der Waals surface area (Å²) in [6, 6.07) is 10.0. The van der Waals surface area contributed by atoms with Gasteiger partial charge in [-0.25, -0.2) is 9.78 Å². The largest absolute Gasteiger partial charge is 0.348 e. The third-order valence-electron chi connectivity index (χ3n) is 3.71. The number of hydrogen-bond acceptors (Lipinski definition) is 2. The van der Waals surface area contributed by atoms with Crippen molar-refractivity contribution in [3.05, 3.63) is 53.6 Å². The number of imidazole rings is 1. The summed E-state index contributed by atoms with van der Waals surface area (Å²) in [5, 5.41) is 2.98. The average molecular weight is 284 g/mol. The number of aromatic amines is 1. The average Bonchev–Trinajstić information content (AvgIpc) is 2.94. The minimum absolute atomic E-state index is 0.0347. The highest BCUT2D eigenvalue weighted by Gasteiger charge is 2.33. The quantitative estimate of drug-likeness (QED) is 0.890. The summed E-state index contributed by atoms with van der Waals surface area (Å²) in [5.41, 5.74) is 3.16. The first-order valence-electron chi connectivity index (χ1n) is 7.31. The molecular formula is C16H20N4O. The lowest BCUT2D eigenvalue weighted by molar-refractivity contribution is 0.176. The number of hydrogen-bond donors (Lipinski definition) is 2. The number of benzene rings is 1. The van der Waals surface area contributed by atoms with E-state index in [1.54, 1.807) is 6.33 Å². The van der Waals surface area contributed by atoms with Crippen molar-refractivity contribution in [2.45, 2.75) is 32.4 Å². The minimum atomic E-state index is -0.125. The smallest absolute Gasteiger partial charge is 0.318 e. The number of carbonyl (C=O) groups excluding carboxylic acids is 1. The van der Waals surface area contributed by atoms with Crippen molar-refractivity contribution in [1.29, 1.82) is 0 Å². The van der Waals surface area contributed by atoms with E-state index in [0.29, 0.717) is 6.54 Å². The van der Waals surface area contributed by atoms with Crippen LogP contribution in [0.15, 0.2) is 36.7 Å². The SMILES string of the molecule is CC(C)NC(=O)N1CCc2[nH]cnc2C1c1ccccc1.